The van der Waals surface area contributed by atoms with Crippen molar-refractivity contribution >= 4 is 28.5 Å². The molecular formula is C14H10FNS2. The number of hydrogen-bond acceptors (Lipinski definition) is 3. The van der Waals surface area contributed by atoms with Gasteiger partial charge in [-0.3, -0.25) is 0 Å². The van der Waals surface area contributed by atoms with E-state index >= 15 is 0 Å². The van der Waals surface area contributed by atoms with Gasteiger partial charge in [-0.25, -0.2) is 9.37 Å². The third-order valence-electron chi connectivity index (χ3n) is 2.60. The summed E-state index contributed by atoms with van der Waals surface area (Å²) in [5.41, 5.74) is 0.428. The minimum Gasteiger partial charge on any atom is -0.233 e. The van der Waals surface area contributed by atoms with Crippen LogP contribution in [0.15, 0.2) is 53.3 Å². The summed E-state index contributed by atoms with van der Waals surface area (Å²) in [6.07, 6.45) is 9.34. The van der Waals surface area contributed by atoms with Crippen molar-refractivity contribution in [2.24, 2.45) is 5.92 Å². The Hall–Kier alpha value is -1.52. The van der Waals surface area contributed by atoms with Gasteiger partial charge in [0.1, 0.15) is 16.5 Å². The van der Waals surface area contributed by atoms with Gasteiger partial charge in [-0.2, -0.15) is 0 Å². The molecule has 1 nitrogen and oxygen atoms in total. The molecule has 1 aliphatic carbocycles. The van der Waals surface area contributed by atoms with Gasteiger partial charge in [-0.05, 0) is 17.5 Å². The molecule has 1 aliphatic rings. The molecule has 0 N–H and O–H groups in total. The third kappa shape index (κ3) is 2.35. The second-order valence-electron chi connectivity index (χ2n) is 3.88. The second-order valence-corrected chi connectivity index (χ2v) is 5.68. The maximum atomic E-state index is 14.0. The summed E-state index contributed by atoms with van der Waals surface area (Å²) in [4.78, 5) is 5.42. The van der Waals surface area contributed by atoms with E-state index in [2.05, 4.69) is 4.98 Å². The quantitative estimate of drug-likeness (QED) is 0.774. The highest BCUT2D eigenvalue weighted by atomic mass is 32.1. The first-order valence-electron chi connectivity index (χ1n) is 5.55. The minimum absolute atomic E-state index is 0.0527. The van der Waals surface area contributed by atoms with Crippen LogP contribution in [0.3, 0.4) is 0 Å². The van der Waals surface area contributed by atoms with Crippen LogP contribution in [0.25, 0.3) is 15.7 Å². The van der Waals surface area contributed by atoms with Crippen LogP contribution in [0, 0.1) is 5.92 Å². The molecule has 18 heavy (non-hydrogen) atoms. The Morgan fingerprint density at radius 3 is 2.83 bits per heavy atom. The molecule has 0 atom stereocenters. The molecular weight excluding hydrogens is 265 g/mol. The molecule has 2 aromatic heterocycles. The molecule has 0 aliphatic heterocycles. The van der Waals surface area contributed by atoms with Gasteiger partial charge in [0.15, 0.2) is 0 Å². The SMILES string of the molecule is F/C(=C\C1C=CC=C1)c1csc(-c2cccs2)n1. The van der Waals surface area contributed by atoms with Crippen molar-refractivity contribution in [1.82, 2.24) is 4.98 Å². The minimum atomic E-state index is -0.254. The molecule has 0 saturated heterocycles. The van der Waals surface area contributed by atoms with Gasteiger partial charge in [0.05, 0.1) is 4.88 Å². The molecule has 0 radical (unpaired) electrons. The van der Waals surface area contributed by atoms with E-state index in [-0.39, 0.29) is 11.7 Å². The Bertz CT molecular complexity index is 608. The molecule has 0 amide bonds. The predicted octanol–water partition coefficient (Wildman–Crippen LogP) is 4.92. The fraction of sp³-hybridized carbons (Fsp3) is 0.0714. The number of aromatic nitrogens is 1. The summed E-state index contributed by atoms with van der Waals surface area (Å²) >= 11 is 3.09. The third-order valence-corrected chi connectivity index (χ3v) is 4.48. The molecule has 3 rings (SSSR count). The Balaban J connectivity index is 1.85. The van der Waals surface area contributed by atoms with Gasteiger partial charge in [0.25, 0.3) is 0 Å². The molecule has 90 valence electrons. The molecule has 4 heteroatoms. The maximum absolute atomic E-state index is 14.0. The summed E-state index contributed by atoms with van der Waals surface area (Å²) in [5, 5.41) is 4.64. The van der Waals surface area contributed by atoms with Crippen LogP contribution in [-0.2, 0) is 0 Å². The molecule has 0 aromatic carbocycles. The molecule has 0 unspecified atom stereocenters. The van der Waals surface area contributed by atoms with Crippen molar-refractivity contribution in [2.45, 2.75) is 0 Å². The van der Waals surface area contributed by atoms with Crippen molar-refractivity contribution < 1.29 is 4.39 Å². The highest BCUT2D eigenvalue weighted by Crippen LogP contribution is 2.31. The van der Waals surface area contributed by atoms with Crippen LogP contribution in [-0.4, -0.2) is 4.98 Å². The highest BCUT2D eigenvalue weighted by molar-refractivity contribution is 7.20. The fourth-order valence-corrected chi connectivity index (χ4v) is 3.33. The summed E-state index contributed by atoms with van der Waals surface area (Å²) in [6, 6.07) is 3.97. The van der Waals surface area contributed by atoms with E-state index < -0.39 is 0 Å². The first kappa shape index (κ1) is 11.6. The van der Waals surface area contributed by atoms with E-state index in [4.69, 9.17) is 0 Å². The normalized spacial score (nSPS) is 15.7. The van der Waals surface area contributed by atoms with Crippen LogP contribution < -0.4 is 0 Å². The smallest absolute Gasteiger partial charge is 0.146 e. The van der Waals surface area contributed by atoms with Gasteiger partial charge in [0.2, 0.25) is 0 Å². The Labute approximate surface area is 113 Å². The van der Waals surface area contributed by atoms with Crippen LogP contribution in [0.2, 0.25) is 0 Å². The Morgan fingerprint density at radius 1 is 1.28 bits per heavy atom. The van der Waals surface area contributed by atoms with E-state index in [0.717, 1.165) is 9.88 Å². The van der Waals surface area contributed by atoms with Crippen molar-refractivity contribution in [1.29, 1.82) is 0 Å². The molecule has 0 saturated carbocycles. The topological polar surface area (TPSA) is 12.9 Å². The lowest BCUT2D eigenvalue weighted by Gasteiger charge is -1.96. The summed E-state index contributed by atoms with van der Waals surface area (Å²) in [7, 11) is 0. The van der Waals surface area contributed by atoms with Gasteiger partial charge in [0, 0.05) is 11.3 Å². The number of halogens is 1. The van der Waals surface area contributed by atoms with E-state index in [1.165, 1.54) is 11.3 Å². The zero-order valence-electron chi connectivity index (χ0n) is 9.42. The number of thiazole rings is 1. The lowest BCUT2D eigenvalue weighted by molar-refractivity contribution is 0.745. The standard InChI is InChI=1S/C14H10FNS2/c15-11(8-10-4-1-2-5-10)12-9-18-14(16-12)13-6-3-7-17-13/h1-10H/b11-8-. The van der Waals surface area contributed by atoms with E-state index in [0.29, 0.717) is 5.69 Å². The molecule has 2 heterocycles. The molecule has 2 aromatic rings. The number of hydrogen-bond donors (Lipinski definition) is 0. The molecule has 0 spiro atoms. The zero-order chi connectivity index (χ0) is 12.4. The van der Waals surface area contributed by atoms with E-state index in [1.54, 1.807) is 22.8 Å². The summed E-state index contributed by atoms with van der Waals surface area (Å²) in [6.45, 7) is 0. The van der Waals surface area contributed by atoms with E-state index in [9.17, 15) is 4.39 Å². The summed E-state index contributed by atoms with van der Waals surface area (Å²) < 4.78 is 14.0. The summed E-state index contributed by atoms with van der Waals surface area (Å²) in [5.74, 6) is -0.202. The van der Waals surface area contributed by atoms with Gasteiger partial charge in [-0.15, -0.1) is 22.7 Å². The number of allylic oxidation sites excluding steroid dienone is 5. The Kier molecular flexibility index (Phi) is 3.21. The average Bonchev–Trinajstić information content (AvgIpc) is 3.11. The van der Waals surface area contributed by atoms with Crippen molar-refractivity contribution in [2.75, 3.05) is 0 Å². The van der Waals surface area contributed by atoms with Crippen LogP contribution in [0.1, 0.15) is 5.69 Å². The first-order chi connectivity index (χ1) is 8.83. The zero-order valence-corrected chi connectivity index (χ0v) is 11.0. The van der Waals surface area contributed by atoms with Crippen LogP contribution in [0.5, 0.6) is 0 Å². The highest BCUT2D eigenvalue weighted by Gasteiger charge is 2.11. The van der Waals surface area contributed by atoms with Crippen LogP contribution in [0.4, 0.5) is 4.39 Å². The maximum Gasteiger partial charge on any atom is 0.146 e. The van der Waals surface area contributed by atoms with Gasteiger partial charge >= 0.3 is 0 Å². The largest absolute Gasteiger partial charge is 0.233 e. The predicted molar refractivity (Wildman–Crippen MR) is 76.3 cm³/mol. The van der Waals surface area contributed by atoms with E-state index in [1.807, 2.05) is 41.8 Å². The fourth-order valence-electron chi connectivity index (χ4n) is 1.71. The lowest BCUT2D eigenvalue weighted by atomic mass is 10.1. The number of nitrogens with zero attached hydrogens (tertiary/aromatic N) is 1. The monoisotopic (exact) mass is 275 g/mol. The lowest BCUT2D eigenvalue weighted by Crippen LogP contribution is -1.85. The number of thiophene rings is 1. The molecule has 0 bridgehead atoms. The van der Waals surface area contributed by atoms with Crippen molar-refractivity contribution in [3.05, 3.63) is 59.0 Å². The van der Waals surface area contributed by atoms with Crippen molar-refractivity contribution in [3.63, 3.8) is 0 Å². The first-order valence-corrected chi connectivity index (χ1v) is 7.31. The average molecular weight is 275 g/mol. The second kappa shape index (κ2) is 5.00. The number of rotatable bonds is 3. The molecule has 0 fully saturated rings. The van der Waals surface area contributed by atoms with Crippen molar-refractivity contribution in [3.8, 4) is 9.88 Å². The van der Waals surface area contributed by atoms with Gasteiger partial charge < -0.3 is 0 Å². The van der Waals surface area contributed by atoms with Crippen LogP contribution >= 0.6 is 22.7 Å². The van der Waals surface area contributed by atoms with Gasteiger partial charge in [-0.1, -0.05) is 30.4 Å². The Morgan fingerprint density at radius 2 is 2.11 bits per heavy atom.